The molecule has 2 unspecified atom stereocenters. The monoisotopic (exact) mass is 1520 g/mol. The van der Waals surface area contributed by atoms with Crippen LogP contribution in [0.15, 0.2) is 17.5 Å². The predicted octanol–water partition coefficient (Wildman–Crippen LogP) is 22.9. The maximum absolute atomic E-state index is 18.0. The maximum Gasteiger partial charge on any atom is 0.200 e. The van der Waals surface area contributed by atoms with Crippen LogP contribution >= 0.6 is 0 Å². The molecule has 0 nitrogen and oxygen atoms in total. The Morgan fingerprint density at radius 3 is 0.480 bits per heavy atom. The molecule has 0 amide bonds. The summed E-state index contributed by atoms with van der Waals surface area (Å²) in [5.41, 5.74) is -65.3. The van der Waals surface area contributed by atoms with E-state index in [1.807, 2.05) is 0 Å². The molecule has 0 radical (unpaired) electrons. The Balaban J connectivity index is 1.47. The maximum atomic E-state index is 18.0. The third kappa shape index (κ3) is 9.97. The first-order valence-corrected chi connectivity index (χ1v) is 25.7. The molecule has 0 saturated carbocycles. The summed E-state index contributed by atoms with van der Waals surface area (Å²) in [6.07, 6.45) is -8.82. The van der Waals surface area contributed by atoms with Crippen LogP contribution in [-0.2, 0) is 0 Å². The standard InChI is InChI=1S/C61H5F41/c1-2-3(4-42(83)50(91)58(99)51(92)43(4)84)28(69)29(70)5(21(2)62)6-22(63)7(24(65)9(23(6)64)12-30(71)36(77)15(37(78)31(12)72)18-44(85)52(93)59(100)53(94)45(18)86)8-25(66)10(13-32(73)38(79)16(39(80)33(13)74)19-46(87)54(95)60(101)55(96)47(19)88)27(68)11(26(8)67)14-34(75)40(81)17(41(82)35(14)76)20-48(89)56(97)61(102)57(98)49(20)90/h46,54H,1H3. The fourth-order valence-electron chi connectivity index (χ4n) is 10.6. The highest BCUT2D eigenvalue weighted by molar-refractivity contribution is 5.92. The Bertz CT molecular complexity index is 5060. The van der Waals surface area contributed by atoms with E-state index < -0.39 is 345 Å². The number of rotatable bonds is 9. The lowest BCUT2D eigenvalue weighted by Crippen LogP contribution is -2.27. The smallest absolute Gasteiger partial charge is 0.200 e. The van der Waals surface area contributed by atoms with Gasteiger partial charge in [0.25, 0.3) is 0 Å². The largest absolute Gasteiger partial charge is 0.238 e. The van der Waals surface area contributed by atoms with Gasteiger partial charge in [-0.3, -0.25) is 0 Å². The minimum atomic E-state index is -4.48. The summed E-state index contributed by atoms with van der Waals surface area (Å²) in [5.74, 6) is -143. The van der Waals surface area contributed by atoms with Crippen LogP contribution in [0.5, 0.6) is 0 Å². The lowest BCUT2D eigenvalue weighted by molar-refractivity contribution is 0.200. The lowest BCUT2D eigenvalue weighted by Gasteiger charge is -2.24. The fraction of sp³-hybridized carbons (Fsp3) is 0.0492. The Labute approximate surface area is 531 Å². The first-order chi connectivity index (χ1) is 47.2. The van der Waals surface area contributed by atoms with Crippen molar-refractivity contribution < 1.29 is 180 Å². The molecule has 536 valence electrons. The molecule has 1 aliphatic carbocycles. The Morgan fingerprint density at radius 2 is 0.275 bits per heavy atom. The molecule has 41 heteroatoms. The zero-order chi connectivity index (χ0) is 76.6. The third-order valence-electron chi connectivity index (χ3n) is 15.3. The Hall–Kier alpha value is -10.4. The molecule has 2 atom stereocenters. The first kappa shape index (κ1) is 74.3. The fourth-order valence-corrected chi connectivity index (χ4v) is 10.6. The summed E-state index contributed by atoms with van der Waals surface area (Å²) < 4.78 is 647. The van der Waals surface area contributed by atoms with Crippen molar-refractivity contribution in [3.63, 3.8) is 0 Å². The molecule has 0 fully saturated rings. The van der Waals surface area contributed by atoms with Gasteiger partial charge in [-0.2, -0.15) is 0 Å². The number of allylic oxidation sites excluding steroid dienone is 4. The van der Waals surface area contributed by atoms with Gasteiger partial charge in [0, 0.05) is 11.1 Å². The summed E-state index contributed by atoms with van der Waals surface area (Å²) in [6, 6.07) is 0. The third-order valence-corrected chi connectivity index (χ3v) is 15.3. The van der Waals surface area contributed by atoms with Gasteiger partial charge in [0.05, 0.1) is 89.0 Å². The zero-order valence-electron chi connectivity index (χ0n) is 46.7. The molecule has 1 aliphatic rings. The molecule has 10 rings (SSSR count). The van der Waals surface area contributed by atoms with Crippen LogP contribution in [0.25, 0.3) is 94.6 Å². The van der Waals surface area contributed by atoms with Gasteiger partial charge < -0.3 is 0 Å². The molecule has 0 aromatic heterocycles. The van der Waals surface area contributed by atoms with Crippen LogP contribution in [0.1, 0.15) is 11.1 Å². The van der Waals surface area contributed by atoms with E-state index >= 15 is 127 Å². The van der Waals surface area contributed by atoms with Gasteiger partial charge >= 0.3 is 0 Å². The van der Waals surface area contributed by atoms with E-state index in [0.29, 0.717) is 0 Å². The topological polar surface area (TPSA) is 0 Å². The van der Waals surface area contributed by atoms with Gasteiger partial charge in [-0.25, -0.2) is 180 Å². The van der Waals surface area contributed by atoms with E-state index in [0.717, 1.165) is 0 Å². The van der Waals surface area contributed by atoms with Gasteiger partial charge in [0.1, 0.15) is 40.7 Å². The molecule has 9 aromatic carbocycles. The van der Waals surface area contributed by atoms with Crippen LogP contribution in [0.2, 0.25) is 0 Å². The summed E-state index contributed by atoms with van der Waals surface area (Å²) in [4.78, 5) is 0. The number of benzene rings is 9. The number of alkyl halides is 2. The van der Waals surface area contributed by atoms with Crippen LogP contribution in [0.4, 0.5) is 180 Å². The molecule has 0 aliphatic heterocycles. The normalized spacial score (nSPS) is 14.3. The highest BCUT2D eigenvalue weighted by Crippen LogP contribution is 2.55. The Morgan fingerprint density at radius 1 is 0.137 bits per heavy atom. The molecule has 0 heterocycles. The molecular weight excluding hydrogens is 1510 g/mol. The molecule has 9 aromatic rings. The molecule has 0 N–H and O–H groups in total. The SMILES string of the molecule is Cc1c(F)c(-c2c(F)c(-c3c(F)c(F)c(-c4c(F)c(F)c(F)c(F)c4F)c(F)c3F)c(F)c(-c3c(F)c(-c4c(F)c(F)c(C5=C(F)C(F)=C(F)C(F)C5F)c(F)c4F)c(F)c(-c4c(F)c(F)c(-c5c(F)c(F)c(F)c(F)c5F)c(F)c4F)c3F)c2F)c(F)c(F)c1-c1c(F)c(F)c(F)c(F)c1F. The second kappa shape index (κ2) is 25.3. The van der Waals surface area contributed by atoms with E-state index in [1.54, 1.807) is 0 Å². The molecule has 0 saturated heterocycles. The molecule has 0 bridgehead atoms. The van der Waals surface area contributed by atoms with Gasteiger partial charge in [-0.05, 0) is 12.5 Å². The van der Waals surface area contributed by atoms with Gasteiger partial charge in [-0.15, -0.1) is 0 Å². The van der Waals surface area contributed by atoms with Gasteiger partial charge in [0.15, 0.2) is 181 Å². The Kier molecular flexibility index (Phi) is 18.4. The van der Waals surface area contributed by atoms with E-state index in [9.17, 15) is 52.7 Å². The van der Waals surface area contributed by atoms with E-state index in [-0.39, 0.29) is 6.92 Å². The van der Waals surface area contributed by atoms with E-state index in [2.05, 4.69) is 0 Å². The van der Waals surface area contributed by atoms with Crippen LogP contribution in [0, 0.1) is 216 Å². The average Bonchev–Trinajstić information content (AvgIpc) is 0.705. The average molecular weight is 1520 g/mol. The van der Waals surface area contributed by atoms with Crippen molar-refractivity contribution in [1.82, 2.24) is 0 Å². The van der Waals surface area contributed by atoms with Crippen molar-refractivity contribution in [2.24, 2.45) is 0 Å². The van der Waals surface area contributed by atoms with Crippen LogP contribution in [-0.4, -0.2) is 12.3 Å². The van der Waals surface area contributed by atoms with Crippen molar-refractivity contribution in [2.75, 3.05) is 0 Å². The summed E-state index contributed by atoms with van der Waals surface area (Å²) in [7, 11) is 0. The minimum absolute atomic E-state index is 0.310. The van der Waals surface area contributed by atoms with Crippen molar-refractivity contribution in [3.8, 4) is 89.0 Å². The second-order valence-corrected chi connectivity index (χ2v) is 20.5. The first-order valence-electron chi connectivity index (χ1n) is 25.7. The summed E-state index contributed by atoms with van der Waals surface area (Å²) in [5, 5.41) is 0. The van der Waals surface area contributed by atoms with Crippen molar-refractivity contribution in [1.29, 1.82) is 0 Å². The zero-order valence-corrected chi connectivity index (χ0v) is 46.7. The number of hydrogen-bond donors (Lipinski definition) is 0. The van der Waals surface area contributed by atoms with Crippen molar-refractivity contribution in [2.45, 2.75) is 19.3 Å². The minimum Gasteiger partial charge on any atom is -0.238 e. The quantitative estimate of drug-likeness (QED) is 0.0768. The van der Waals surface area contributed by atoms with Gasteiger partial charge in [-0.1, -0.05) is 0 Å². The second-order valence-electron chi connectivity index (χ2n) is 20.5. The number of halogens is 41. The molecule has 0 spiro atoms. The van der Waals surface area contributed by atoms with Crippen molar-refractivity contribution >= 4 is 5.57 Å². The predicted molar refractivity (Wildman–Crippen MR) is 260 cm³/mol. The van der Waals surface area contributed by atoms with E-state index in [4.69, 9.17) is 0 Å². The molecule has 102 heavy (non-hydrogen) atoms. The van der Waals surface area contributed by atoms with Crippen LogP contribution < -0.4 is 0 Å². The number of hydrogen-bond acceptors (Lipinski definition) is 0. The summed E-state index contributed by atoms with van der Waals surface area (Å²) >= 11 is 0. The highest BCUT2D eigenvalue weighted by atomic mass is 19.2. The van der Waals surface area contributed by atoms with Crippen LogP contribution in [0.3, 0.4) is 0 Å². The highest BCUT2D eigenvalue weighted by Gasteiger charge is 2.48. The lowest BCUT2D eigenvalue weighted by atomic mass is 9.84. The van der Waals surface area contributed by atoms with Gasteiger partial charge in [0.2, 0.25) is 17.5 Å². The van der Waals surface area contributed by atoms with Crippen molar-refractivity contribution in [3.05, 3.63) is 238 Å². The van der Waals surface area contributed by atoms with E-state index in [1.165, 1.54) is 0 Å². The summed E-state index contributed by atoms with van der Waals surface area (Å²) in [6.45, 7) is -0.310. The molecular formula is C61H5F41.